The molecule has 2 aliphatic rings. The molecule has 2 aromatic carbocycles. The number of hydrogen-bond donors (Lipinski definition) is 0. The van der Waals surface area contributed by atoms with E-state index in [4.69, 9.17) is 20.9 Å². The number of nitrogens with zero attached hydrogens (tertiary/aromatic N) is 4. The number of ether oxygens (including phenoxy) is 1. The van der Waals surface area contributed by atoms with E-state index in [0.29, 0.717) is 41.0 Å². The second kappa shape index (κ2) is 8.63. The third-order valence-electron chi connectivity index (χ3n) is 5.03. The molecule has 1 aromatic heterocycles. The molecule has 0 saturated heterocycles. The van der Waals surface area contributed by atoms with Crippen molar-refractivity contribution in [3.8, 4) is 39.8 Å². The van der Waals surface area contributed by atoms with Crippen LogP contribution in [0.4, 0.5) is 8.78 Å². The second-order valence-corrected chi connectivity index (χ2v) is 7.70. The van der Waals surface area contributed by atoms with Gasteiger partial charge in [0.25, 0.3) is 0 Å². The summed E-state index contributed by atoms with van der Waals surface area (Å²) < 4.78 is 40.5. The molecule has 0 radical (unpaired) electrons. The summed E-state index contributed by atoms with van der Waals surface area (Å²) in [7, 11) is 0. The quantitative estimate of drug-likeness (QED) is 0.303. The summed E-state index contributed by atoms with van der Waals surface area (Å²) in [6, 6.07) is 13.3. The Balaban J connectivity index is 1.41. The number of fused-ring (bicyclic) bond motifs is 1. The second-order valence-electron chi connectivity index (χ2n) is 7.30. The third kappa shape index (κ3) is 4.17. The lowest BCUT2D eigenvalue weighted by Crippen LogP contribution is -2.01. The number of imidazole rings is 1. The molecule has 0 bridgehead atoms. The Morgan fingerprint density at radius 3 is 2.64 bits per heavy atom. The van der Waals surface area contributed by atoms with E-state index in [2.05, 4.69) is 15.1 Å². The van der Waals surface area contributed by atoms with Crippen molar-refractivity contribution in [3.63, 3.8) is 0 Å². The number of halogens is 3. The molecule has 0 N–H and O–H groups in total. The van der Waals surface area contributed by atoms with Gasteiger partial charge in [0, 0.05) is 24.0 Å². The number of pyridine rings is 1. The van der Waals surface area contributed by atoms with Crippen LogP contribution in [0.2, 0.25) is 5.02 Å². The van der Waals surface area contributed by atoms with Crippen LogP contribution in [0, 0.1) is 11.6 Å². The molecule has 3 heterocycles. The van der Waals surface area contributed by atoms with Gasteiger partial charge in [-0.05, 0) is 43.3 Å². The molecule has 5 rings (SSSR count). The summed E-state index contributed by atoms with van der Waals surface area (Å²) in [5.74, 6) is -0.498. The average molecular weight is 467 g/mol. The van der Waals surface area contributed by atoms with Gasteiger partial charge in [-0.2, -0.15) is 0 Å². The molecule has 2 aliphatic heterocycles. The molecule has 0 saturated carbocycles. The lowest BCUT2D eigenvalue weighted by Gasteiger charge is -2.07. The smallest absolute Gasteiger partial charge is 0.169 e. The normalized spacial score (nSPS) is 11.3. The Morgan fingerprint density at radius 2 is 1.85 bits per heavy atom. The predicted molar refractivity (Wildman–Crippen MR) is 119 cm³/mol. The zero-order chi connectivity index (χ0) is 22.9. The highest BCUT2D eigenvalue weighted by Crippen LogP contribution is 2.32. The maximum Gasteiger partial charge on any atom is 0.169 e. The van der Waals surface area contributed by atoms with Gasteiger partial charge in [0.2, 0.25) is 0 Å². The monoisotopic (exact) mass is 466 g/mol. The molecular weight excluding hydrogens is 450 g/mol. The van der Waals surface area contributed by atoms with Crippen LogP contribution >= 0.6 is 11.6 Å². The molecular formula is C24H17ClF2N4O2. The zero-order valence-corrected chi connectivity index (χ0v) is 18.2. The van der Waals surface area contributed by atoms with Gasteiger partial charge < -0.3 is 13.8 Å². The summed E-state index contributed by atoms with van der Waals surface area (Å²) in [4.78, 5) is 8.63. The first-order valence-electron chi connectivity index (χ1n) is 10.2. The van der Waals surface area contributed by atoms with Crippen LogP contribution in [0.25, 0.3) is 34.0 Å². The fourth-order valence-electron chi connectivity index (χ4n) is 3.50. The third-order valence-corrected chi connectivity index (χ3v) is 5.31. The zero-order valence-electron chi connectivity index (χ0n) is 17.4. The minimum Gasteiger partial charge on any atom is -0.494 e. The SMILES string of the molecule is CCOc1ccc(-c2cc(Cn3cc4nc(-c5cccc(F)c5F)nc-4c(Cl)c3)on2)cc1. The Morgan fingerprint density at radius 1 is 1.03 bits per heavy atom. The van der Waals surface area contributed by atoms with Crippen molar-refractivity contribution in [2.75, 3.05) is 6.61 Å². The summed E-state index contributed by atoms with van der Waals surface area (Å²) in [5, 5.41) is 4.47. The summed E-state index contributed by atoms with van der Waals surface area (Å²) in [5.41, 5.74) is 2.42. The Hall–Kier alpha value is -3.78. The fourth-order valence-corrected chi connectivity index (χ4v) is 3.77. The number of aromatic nitrogens is 4. The van der Waals surface area contributed by atoms with Crippen molar-refractivity contribution in [1.82, 2.24) is 19.7 Å². The highest BCUT2D eigenvalue weighted by Gasteiger charge is 2.20. The van der Waals surface area contributed by atoms with Crippen LogP contribution in [0.3, 0.4) is 0 Å². The van der Waals surface area contributed by atoms with E-state index in [1.54, 1.807) is 17.0 Å². The lowest BCUT2D eigenvalue weighted by atomic mass is 10.1. The van der Waals surface area contributed by atoms with E-state index in [9.17, 15) is 8.78 Å². The van der Waals surface area contributed by atoms with Crippen LogP contribution in [0.1, 0.15) is 12.7 Å². The minimum absolute atomic E-state index is 0.0240. The molecule has 0 aliphatic carbocycles. The molecule has 9 heteroatoms. The van der Waals surface area contributed by atoms with E-state index in [-0.39, 0.29) is 11.4 Å². The standard InChI is InChI=1S/C24H17ClF2N4O2/c1-2-32-15-8-6-14(7-9-15)20-10-16(33-30-20)11-31-12-18(25)23-21(13-31)28-24(29-23)17-4-3-5-19(26)22(17)27/h3-10,12-13H,2,11H2,1H3. The molecule has 0 atom stereocenters. The van der Waals surface area contributed by atoms with Crippen LogP contribution in [-0.4, -0.2) is 26.3 Å². The Kier molecular flexibility index (Phi) is 5.51. The van der Waals surface area contributed by atoms with Crippen molar-refractivity contribution < 1.29 is 18.0 Å². The maximum absolute atomic E-state index is 14.2. The van der Waals surface area contributed by atoms with Gasteiger partial charge in [-0.25, -0.2) is 18.7 Å². The molecule has 33 heavy (non-hydrogen) atoms. The van der Waals surface area contributed by atoms with Crippen LogP contribution in [0.5, 0.6) is 5.75 Å². The van der Waals surface area contributed by atoms with Crippen molar-refractivity contribution in [2.45, 2.75) is 13.5 Å². The molecule has 0 amide bonds. The lowest BCUT2D eigenvalue weighted by molar-refractivity contribution is 0.340. The summed E-state index contributed by atoms with van der Waals surface area (Å²) >= 11 is 6.39. The first-order chi connectivity index (χ1) is 16.0. The van der Waals surface area contributed by atoms with Crippen LogP contribution < -0.4 is 4.74 Å². The minimum atomic E-state index is -1.000. The van der Waals surface area contributed by atoms with E-state index < -0.39 is 11.6 Å². The molecule has 0 spiro atoms. The maximum atomic E-state index is 14.2. The van der Waals surface area contributed by atoms with Gasteiger partial charge in [0.1, 0.15) is 22.8 Å². The topological polar surface area (TPSA) is 66.0 Å². The number of benzene rings is 2. The predicted octanol–water partition coefficient (Wildman–Crippen LogP) is 6.08. The molecule has 6 nitrogen and oxygen atoms in total. The number of rotatable bonds is 6. The van der Waals surface area contributed by atoms with E-state index >= 15 is 0 Å². The highest BCUT2D eigenvalue weighted by atomic mass is 35.5. The van der Waals surface area contributed by atoms with Gasteiger partial charge >= 0.3 is 0 Å². The van der Waals surface area contributed by atoms with Gasteiger partial charge in [0.15, 0.2) is 23.2 Å². The first-order valence-corrected chi connectivity index (χ1v) is 10.6. The van der Waals surface area contributed by atoms with E-state index in [0.717, 1.165) is 17.4 Å². The van der Waals surface area contributed by atoms with Crippen molar-refractivity contribution in [2.24, 2.45) is 0 Å². The largest absolute Gasteiger partial charge is 0.494 e. The van der Waals surface area contributed by atoms with Crippen molar-refractivity contribution >= 4 is 11.6 Å². The molecule has 166 valence electrons. The van der Waals surface area contributed by atoms with Crippen LogP contribution in [0.15, 0.2) is 65.4 Å². The van der Waals surface area contributed by atoms with Gasteiger partial charge in [-0.1, -0.05) is 22.8 Å². The summed E-state index contributed by atoms with van der Waals surface area (Å²) in [6.45, 7) is 2.88. The van der Waals surface area contributed by atoms with Crippen LogP contribution in [-0.2, 0) is 6.54 Å². The highest BCUT2D eigenvalue weighted by molar-refractivity contribution is 6.33. The molecule has 0 fully saturated rings. The average Bonchev–Trinajstić information content (AvgIpc) is 3.44. The van der Waals surface area contributed by atoms with Crippen molar-refractivity contribution in [1.29, 1.82) is 0 Å². The van der Waals surface area contributed by atoms with Gasteiger partial charge in [-0.15, -0.1) is 0 Å². The molecule has 3 aromatic rings. The van der Waals surface area contributed by atoms with Gasteiger partial charge in [0.05, 0.1) is 23.7 Å². The first kappa shape index (κ1) is 21.1. The summed E-state index contributed by atoms with van der Waals surface area (Å²) in [6.07, 6.45) is 3.39. The van der Waals surface area contributed by atoms with E-state index in [1.807, 2.05) is 37.3 Å². The Labute approximate surface area is 192 Å². The number of hydrogen-bond acceptors (Lipinski definition) is 5. The fraction of sp³-hybridized carbons (Fsp3) is 0.125. The van der Waals surface area contributed by atoms with Crippen molar-refractivity contribution in [3.05, 3.63) is 83.3 Å². The van der Waals surface area contributed by atoms with E-state index in [1.165, 1.54) is 12.1 Å². The Bertz CT molecular complexity index is 1400. The van der Waals surface area contributed by atoms with Gasteiger partial charge in [-0.3, -0.25) is 0 Å². The molecule has 0 unspecified atom stereocenters.